The molecule has 0 radical (unpaired) electrons. The van der Waals surface area contributed by atoms with Gasteiger partial charge in [-0.15, -0.1) is 0 Å². The molecule has 5 heteroatoms. The van der Waals surface area contributed by atoms with Gasteiger partial charge in [0.05, 0.1) is 11.1 Å². The summed E-state index contributed by atoms with van der Waals surface area (Å²) in [6.45, 7) is 2.18. The molecular formula is C14H20ClFN2O. The highest BCUT2D eigenvalue weighted by Crippen LogP contribution is 2.23. The number of aliphatic hydroxyl groups is 1. The Kier molecular flexibility index (Phi) is 4.79. The molecule has 0 aromatic heterocycles. The number of likely N-dealkylation sites (N-methyl/N-ethyl adjacent to an activating group) is 1. The molecule has 2 unspecified atom stereocenters. The number of halogens is 2. The minimum atomic E-state index is -0.386. The van der Waals surface area contributed by atoms with E-state index in [4.69, 9.17) is 11.6 Å². The zero-order valence-corrected chi connectivity index (χ0v) is 12.1. The van der Waals surface area contributed by atoms with Gasteiger partial charge in [0.25, 0.3) is 0 Å². The van der Waals surface area contributed by atoms with E-state index in [-0.39, 0.29) is 16.9 Å². The van der Waals surface area contributed by atoms with Gasteiger partial charge < -0.3 is 10.0 Å². The molecular weight excluding hydrogens is 267 g/mol. The molecule has 1 aromatic rings. The zero-order chi connectivity index (χ0) is 14.0. The topological polar surface area (TPSA) is 26.7 Å². The van der Waals surface area contributed by atoms with Gasteiger partial charge in [0.2, 0.25) is 0 Å². The first-order valence-electron chi connectivity index (χ1n) is 6.46. The highest BCUT2D eigenvalue weighted by atomic mass is 35.5. The Morgan fingerprint density at radius 1 is 1.47 bits per heavy atom. The van der Waals surface area contributed by atoms with Gasteiger partial charge in [-0.25, -0.2) is 4.39 Å². The van der Waals surface area contributed by atoms with E-state index < -0.39 is 0 Å². The fraction of sp³-hybridized carbons (Fsp3) is 0.571. The number of nitrogens with zero attached hydrogens (tertiary/aromatic N) is 2. The van der Waals surface area contributed by atoms with Gasteiger partial charge in [0, 0.05) is 25.7 Å². The van der Waals surface area contributed by atoms with Crippen LogP contribution in [0.25, 0.3) is 0 Å². The van der Waals surface area contributed by atoms with Crippen LogP contribution in [0.2, 0.25) is 5.02 Å². The summed E-state index contributed by atoms with van der Waals surface area (Å²) in [4.78, 5) is 4.31. The highest BCUT2D eigenvalue weighted by Gasteiger charge is 2.31. The first kappa shape index (κ1) is 14.7. The van der Waals surface area contributed by atoms with E-state index in [0.717, 1.165) is 18.5 Å². The van der Waals surface area contributed by atoms with Gasteiger partial charge in [-0.2, -0.15) is 0 Å². The van der Waals surface area contributed by atoms with Crippen molar-refractivity contribution in [2.24, 2.45) is 0 Å². The van der Waals surface area contributed by atoms with Crippen molar-refractivity contribution < 1.29 is 9.50 Å². The molecule has 0 spiro atoms. The van der Waals surface area contributed by atoms with E-state index in [0.29, 0.717) is 19.1 Å². The Morgan fingerprint density at radius 2 is 2.21 bits per heavy atom. The van der Waals surface area contributed by atoms with Gasteiger partial charge in [0.1, 0.15) is 5.82 Å². The van der Waals surface area contributed by atoms with E-state index in [9.17, 15) is 9.50 Å². The van der Waals surface area contributed by atoms with E-state index >= 15 is 0 Å². The van der Waals surface area contributed by atoms with Crippen LogP contribution in [0.4, 0.5) is 4.39 Å². The summed E-state index contributed by atoms with van der Waals surface area (Å²) in [5, 5.41) is 9.95. The smallest absolute Gasteiger partial charge is 0.142 e. The summed E-state index contributed by atoms with van der Waals surface area (Å²) < 4.78 is 13.4. The summed E-state index contributed by atoms with van der Waals surface area (Å²) in [5.41, 5.74) is 0.889. The van der Waals surface area contributed by atoms with E-state index in [1.54, 1.807) is 6.07 Å². The number of aliphatic hydroxyl groups excluding tert-OH is 1. The molecule has 2 rings (SSSR count). The second-order valence-corrected chi connectivity index (χ2v) is 5.89. The largest absolute Gasteiger partial charge is 0.392 e. The molecule has 106 valence electrons. The summed E-state index contributed by atoms with van der Waals surface area (Å²) >= 11 is 5.68. The van der Waals surface area contributed by atoms with Crippen LogP contribution in [0, 0.1) is 5.82 Å². The van der Waals surface area contributed by atoms with Crippen molar-refractivity contribution in [3.8, 4) is 0 Å². The van der Waals surface area contributed by atoms with Crippen molar-refractivity contribution in [3.63, 3.8) is 0 Å². The minimum Gasteiger partial charge on any atom is -0.392 e. The number of likely N-dealkylation sites (tertiary alicyclic amines) is 1. The molecule has 1 aliphatic rings. The summed E-state index contributed by atoms with van der Waals surface area (Å²) in [6, 6.07) is 5.20. The zero-order valence-electron chi connectivity index (χ0n) is 11.3. The van der Waals surface area contributed by atoms with Crippen LogP contribution in [-0.2, 0) is 6.54 Å². The predicted molar refractivity (Wildman–Crippen MR) is 74.8 cm³/mol. The van der Waals surface area contributed by atoms with Crippen LogP contribution < -0.4 is 0 Å². The molecule has 1 heterocycles. The van der Waals surface area contributed by atoms with Gasteiger partial charge in [0.15, 0.2) is 0 Å². The quantitative estimate of drug-likeness (QED) is 0.917. The normalized spacial score (nSPS) is 24.3. The number of benzene rings is 1. The molecule has 0 saturated carbocycles. The van der Waals surface area contributed by atoms with Gasteiger partial charge >= 0.3 is 0 Å². The molecule has 1 fully saturated rings. The third-order valence-electron chi connectivity index (χ3n) is 3.45. The van der Waals surface area contributed by atoms with Crippen LogP contribution in [0.15, 0.2) is 18.2 Å². The maximum atomic E-state index is 13.4. The lowest BCUT2D eigenvalue weighted by Crippen LogP contribution is -2.37. The van der Waals surface area contributed by atoms with E-state index in [2.05, 4.69) is 9.80 Å². The maximum absolute atomic E-state index is 13.4. The van der Waals surface area contributed by atoms with Crippen molar-refractivity contribution in [1.82, 2.24) is 9.80 Å². The molecule has 1 aliphatic heterocycles. The molecule has 1 saturated heterocycles. The lowest BCUT2D eigenvalue weighted by Gasteiger charge is -2.26. The van der Waals surface area contributed by atoms with Gasteiger partial charge in [-0.3, -0.25) is 4.90 Å². The number of hydrogen-bond acceptors (Lipinski definition) is 3. The molecule has 2 atom stereocenters. The molecule has 0 bridgehead atoms. The van der Waals surface area contributed by atoms with Crippen LogP contribution >= 0.6 is 11.6 Å². The van der Waals surface area contributed by atoms with Crippen molar-refractivity contribution in [2.75, 3.05) is 27.2 Å². The monoisotopic (exact) mass is 286 g/mol. The van der Waals surface area contributed by atoms with E-state index in [1.807, 2.05) is 20.2 Å². The minimum absolute atomic E-state index is 0.148. The third kappa shape index (κ3) is 3.89. The molecule has 19 heavy (non-hydrogen) atoms. The van der Waals surface area contributed by atoms with Crippen LogP contribution in [0.5, 0.6) is 0 Å². The summed E-state index contributed by atoms with van der Waals surface area (Å²) in [6.07, 6.45) is 0.482. The average molecular weight is 287 g/mol. The Hall–Kier alpha value is -0.680. The second kappa shape index (κ2) is 6.18. The van der Waals surface area contributed by atoms with Crippen LogP contribution in [0.1, 0.15) is 12.0 Å². The Labute approximate surface area is 118 Å². The Morgan fingerprint density at radius 3 is 2.84 bits per heavy atom. The predicted octanol–water partition coefficient (Wildman–Crippen LogP) is 1.98. The maximum Gasteiger partial charge on any atom is 0.142 e. The standard InChI is InChI=1S/C14H20ClFN2O/c1-17(2)8-11-6-12(19)9-18(11)7-10-3-4-13(15)14(16)5-10/h3-5,11-12,19H,6-9H2,1-2H3. The lowest BCUT2D eigenvalue weighted by atomic mass is 10.1. The molecule has 0 amide bonds. The molecule has 1 N–H and O–H groups in total. The Balaban J connectivity index is 2.05. The number of rotatable bonds is 4. The molecule has 1 aromatic carbocycles. The van der Waals surface area contributed by atoms with Crippen molar-refractivity contribution in [1.29, 1.82) is 0 Å². The van der Waals surface area contributed by atoms with E-state index in [1.165, 1.54) is 6.07 Å². The van der Waals surface area contributed by atoms with Crippen molar-refractivity contribution in [3.05, 3.63) is 34.6 Å². The summed E-state index contributed by atoms with van der Waals surface area (Å²) in [7, 11) is 4.04. The fourth-order valence-electron chi connectivity index (χ4n) is 2.64. The number of β-amino-alcohol motifs (C(OH)–C–C–N with tert-alkyl or cyclic N) is 1. The van der Waals surface area contributed by atoms with Crippen molar-refractivity contribution in [2.45, 2.75) is 25.1 Å². The summed E-state index contributed by atoms with van der Waals surface area (Å²) in [5.74, 6) is -0.386. The highest BCUT2D eigenvalue weighted by molar-refractivity contribution is 6.30. The first-order chi connectivity index (χ1) is 8.95. The van der Waals surface area contributed by atoms with Crippen LogP contribution in [-0.4, -0.2) is 54.2 Å². The Bertz CT molecular complexity index is 441. The van der Waals surface area contributed by atoms with Crippen molar-refractivity contribution >= 4 is 11.6 Å². The first-order valence-corrected chi connectivity index (χ1v) is 6.84. The van der Waals surface area contributed by atoms with Gasteiger partial charge in [-0.05, 0) is 38.2 Å². The number of hydrogen-bond donors (Lipinski definition) is 1. The van der Waals surface area contributed by atoms with Crippen LogP contribution in [0.3, 0.4) is 0 Å². The molecule has 3 nitrogen and oxygen atoms in total. The molecule has 0 aliphatic carbocycles. The second-order valence-electron chi connectivity index (χ2n) is 5.48. The lowest BCUT2D eigenvalue weighted by molar-refractivity contribution is 0.169. The fourth-order valence-corrected chi connectivity index (χ4v) is 2.75. The van der Waals surface area contributed by atoms with Gasteiger partial charge in [-0.1, -0.05) is 17.7 Å². The third-order valence-corrected chi connectivity index (χ3v) is 3.76. The SMILES string of the molecule is CN(C)CC1CC(O)CN1Cc1ccc(Cl)c(F)c1. The average Bonchev–Trinajstić information content (AvgIpc) is 2.63.